The molecule has 0 atom stereocenters. The van der Waals surface area contributed by atoms with Crippen molar-refractivity contribution < 1.29 is 17.9 Å². The summed E-state index contributed by atoms with van der Waals surface area (Å²) in [6.07, 6.45) is -1.69. The van der Waals surface area contributed by atoms with Crippen LogP contribution in [0.2, 0.25) is 0 Å². The summed E-state index contributed by atoms with van der Waals surface area (Å²) in [5, 5.41) is 0.685. The zero-order valence-corrected chi connectivity index (χ0v) is 17.2. The van der Waals surface area contributed by atoms with Crippen LogP contribution in [-0.2, 0) is 10.9 Å². The van der Waals surface area contributed by atoms with Crippen molar-refractivity contribution in [3.63, 3.8) is 0 Å². The molecule has 3 nitrogen and oxygen atoms in total. The van der Waals surface area contributed by atoms with Gasteiger partial charge in [0, 0.05) is 10.9 Å². The summed E-state index contributed by atoms with van der Waals surface area (Å²) in [4.78, 5) is 8.90. The van der Waals surface area contributed by atoms with E-state index in [0.717, 1.165) is 29.7 Å². The van der Waals surface area contributed by atoms with E-state index in [1.54, 1.807) is 13.0 Å². The molecule has 0 fully saturated rings. The van der Waals surface area contributed by atoms with Crippen LogP contribution in [0.4, 0.5) is 13.2 Å². The van der Waals surface area contributed by atoms with Gasteiger partial charge in [0.25, 0.3) is 0 Å². The van der Waals surface area contributed by atoms with Gasteiger partial charge in [-0.15, -0.1) is 0 Å². The highest BCUT2D eigenvalue weighted by Crippen LogP contribution is 2.34. The molecule has 1 heterocycles. The second kappa shape index (κ2) is 8.69. The normalized spacial score (nSPS) is 12.3. The van der Waals surface area contributed by atoms with Gasteiger partial charge in [0.05, 0.1) is 23.4 Å². The molecule has 0 bridgehead atoms. The number of alkyl halides is 3. The molecule has 1 aromatic heterocycles. The lowest BCUT2D eigenvalue weighted by Crippen LogP contribution is -2.05. The Morgan fingerprint density at radius 2 is 1.90 bits per heavy atom. The van der Waals surface area contributed by atoms with E-state index >= 15 is 0 Å². The van der Waals surface area contributed by atoms with Gasteiger partial charge in [0.2, 0.25) is 0 Å². The minimum absolute atomic E-state index is 0.398. The van der Waals surface area contributed by atoms with Crippen LogP contribution < -0.4 is 0 Å². The molecular weight excluding hydrogens is 389 g/mol. The molecule has 0 N–H and O–H groups in total. The van der Waals surface area contributed by atoms with E-state index in [2.05, 4.69) is 16.5 Å². The van der Waals surface area contributed by atoms with Crippen molar-refractivity contribution in [2.75, 3.05) is 6.61 Å². The molecule has 0 aliphatic heterocycles. The second-order valence-corrected chi connectivity index (χ2v) is 7.07. The SMILES string of the molecule is C=C(/C=C(\C)c1ccc2nc(C)nc(-c3cccc(C(F)(F)F)c3)c2c1)OCCC. The first-order valence-corrected chi connectivity index (χ1v) is 9.65. The van der Waals surface area contributed by atoms with Gasteiger partial charge in [-0.1, -0.05) is 31.7 Å². The van der Waals surface area contributed by atoms with Crippen molar-refractivity contribution in [3.05, 3.63) is 77.8 Å². The lowest BCUT2D eigenvalue weighted by atomic mass is 9.99. The number of hydrogen-bond donors (Lipinski definition) is 0. The number of ether oxygens (including phenoxy) is 1. The fourth-order valence-electron chi connectivity index (χ4n) is 3.15. The van der Waals surface area contributed by atoms with Gasteiger partial charge < -0.3 is 4.74 Å². The van der Waals surface area contributed by atoms with Crippen molar-refractivity contribution in [2.24, 2.45) is 0 Å². The molecule has 2 aromatic carbocycles. The number of benzene rings is 2. The fraction of sp³-hybridized carbons (Fsp3) is 0.250. The first-order valence-electron chi connectivity index (χ1n) is 9.65. The number of nitrogens with zero attached hydrogens (tertiary/aromatic N) is 2. The van der Waals surface area contributed by atoms with Crippen LogP contribution in [-0.4, -0.2) is 16.6 Å². The Bertz CT molecular complexity index is 1120. The summed E-state index contributed by atoms with van der Waals surface area (Å²) in [6, 6.07) is 10.9. The third kappa shape index (κ3) is 4.87. The first-order chi connectivity index (χ1) is 14.2. The van der Waals surface area contributed by atoms with Crippen LogP contribution in [0.3, 0.4) is 0 Å². The lowest BCUT2D eigenvalue weighted by Gasteiger charge is -2.12. The van der Waals surface area contributed by atoms with Gasteiger partial charge in [0.15, 0.2) is 0 Å². The number of aryl methyl sites for hydroxylation is 1. The van der Waals surface area contributed by atoms with Crippen LogP contribution in [0, 0.1) is 6.92 Å². The van der Waals surface area contributed by atoms with E-state index < -0.39 is 11.7 Å². The molecule has 0 saturated carbocycles. The highest BCUT2D eigenvalue weighted by molar-refractivity contribution is 5.94. The van der Waals surface area contributed by atoms with Crippen molar-refractivity contribution in [1.82, 2.24) is 9.97 Å². The smallest absolute Gasteiger partial charge is 0.416 e. The number of aromatic nitrogens is 2. The van der Waals surface area contributed by atoms with E-state index in [1.807, 2.05) is 38.1 Å². The highest BCUT2D eigenvalue weighted by atomic mass is 19.4. The molecule has 6 heteroatoms. The summed E-state index contributed by atoms with van der Waals surface area (Å²) in [5.41, 5.74) is 2.65. The average molecular weight is 412 g/mol. The number of rotatable bonds is 6. The summed E-state index contributed by atoms with van der Waals surface area (Å²) >= 11 is 0. The van der Waals surface area contributed by atoms with Gasteiger partial charge in [-0.2, -0.15) is 13.2 Å². The second-order valence-electron chi connectivity index (χ2n) is 7.07. The van der Waals surface area contributed by atoms with Crippen molar-refractivity contribution in [1.29, 1.82) is 0 Å². The zero-order chi connectivity index (χ0) is 21.9. The topological polar surface area (TPSA) is 35.0 Å². The first kappa shape index (κ1) is 21.6. The molecule has 3 aromatic rings. The maximum absolute atomic E-state index is 13.2. The van der Waals surface area contributed by atoms with Gasteiger partial charge >= 0.3 is 6.18 Å². The van der Waals surface area contributed by atoms with Gasteiger partial charge in [-0.25, -0.2) is 9.97 Å². The molecule has 0 saturated heterocycles. The van der Waals surface area contributed by atoms with E-state index in [-0.39, 0.29) is 0 Å². The van der Waals surface area contributed by atoms with E-state index in [4.69, 9.17) is 4.74 Å². The molecule has 0 aliphatic carbocycles. The third-order valence-electron chi connectivity index (χ3n) is 4.60. The minimum Gasteiger partial charge on any atom is -0.494 e. The fourth-order valence-corrected chi connectivity index (χ4v) is 3.15. The number of hydrogen-bond acceptors (Lipinski definition) is 3. The van der Waals surface area contributed by atoms with Crippen LogP contribution >= 0.6 is 0 Å². The monoisotopic (exact) mass is 412 g/mol. The van der Waals surface area contributed by atoms with Crippen molar-refractivity contribution in [3.8, 4) is 11.3 Å². The predicted molar refractivity (Wildman–Crippen MR) is 114 cm³/mol. The molecule has 156 valence electrons. The molecule has 0 unspecified atom stereocenters. The Hall–Kier alpha value is -3.15. The maximum Gasteiger partial charge on any atom is 0.416 e. The van der Waals surface area contributed by atoms with Crippen molar-refractivity contribution in [2.45, 2.75) is 33.4 Å². The molecule has 30 heavy (non-hydrogen) atoms. The van der Waals surface area contributed by atoms with E-state index in [9.17, 15) is 13.2 Å². The third-order valence-corrected chi connectivity index (χ3v) is 4.60. The average Bonchev–Trinajstić information content (AvgIpc) is 2.70. The highest BCUT2D eigenvalue weighted by Gasteiger charge is 2.30. The Morgan fingerprint density at radius 3 is 2.60 bits per heavy atom. The molecule has 0 amide bonds. The summed E-state index contributed by atoms with van der Waals surface area (Å²) in [6.45, 7) is 10.2. The zero-order valence-electron chi connectivity index (χ0n) is 17.2. The number of fused-ring (bicyclic) bond motifs is 1. The molecule has 0 spiro atoms. The van der Waals surface area contributed by atoms with Gasteiger partial charge in [-0.05, 0) is 61.7 Å². The molecular formula is C24H23F3N2O. The van der Waals surface area contributed by atoms with Crippen LogP contribution in [0.5, 0.6) is 0 Å². The standard InChI is InChI=1S/C24H23F3N2O/c1-5-11-30-16(3)12-15(2)18-9-10-22-21(14-18)23(29-17(4)28-22)19-7-6-8-20(13-19)24(25,26)27/h6-10,12-14H,3,5,11H2,1-2,4H3/b15-12+. The Balaban J connectivity index is 2.11. The minimum atomic E-state index is -4.42. The predicted octanol–water partition coefficient (Wildman–Crippen LogP) is 6.97. The molecule has 0 radical (unpaired) electrons. The Labute approximate surface area is 173 Å². The van der Waals surface area contributed by atoms with Gasteiger partial charge in [0.1, 0.15) is 11.6 Å². The van der Waals surface area contributed by atoms with Crippen molar-refractivity contribution >= 4 is 16.5 Å². The van der Waals surface area contributed by atoms with Crippen LogP contribution in [0.15, 0.2) is 60.9 Å². The Kier molecular flexibility index (Phi) is 6.25. The lowest BCUT2D eigenvalue weighted by molar-refractivity contribution is -0.137. The quantitative estimate of drug-likeness (QED) is 0.324. The summed E-state index contributed by atoms with van der Waals surface area (Å²) in [7, 11) is 0. The maximum atomic E-state index is 13.2. The van der Waals surface area contributed by atoms with E-state index in [0.29, 0.717) is 40.4 Å². The number of allylic oxidation sites excluding steroid dienone is 2. The molecule has 3 rings (SSSR count). The van der Waals surface area contributed by atoms with Crippen LogP contribution in [0.1, 0.15) is 37.2 Å². The summed E-state index contributed by atoms with van der Waals surface area (Å²) < 4.78 is 45.1. The Morgan fingerprint density at radius 1 is 1.13 bits per heavy atom. The van der Waals surface area contributed by atoms with E-state index in [1.165, 1.54) is 6.07 Å². The summed E-state index contributed by atoms with van der Waals surface area (Å²) in [5.74, 6) is 1.06. The molecule has 0 aliphatic rings. The largest absolute Gasteiger partial charge is 0.494 e. The number of halogens is 3. The van der Waals surface area contributed by atoms with Gasteiger partial charge in [-0.3, -0.25) is 0 Å². The van der Waals surface area contributed by atoms with Crippen LogP contribution in [0.25, 0.3) is 27.7 Å².